The molecule has 102 valence electrons. The molecule has 1 rings (SSSR count). The molecule has 0 radical (unpaired) electrons. The second-order valence-corrected chi connectivity index (χ2v) is 4.95. The molecule has 0 aliphatic carbocycles. The van der Waals surface area contributed by atoms with E-state index in [1.807, 2.05) is 13.8 Å². The van der Waals surface area contributed by atoms with Crippen molar-refractivity contribution in [3.63, 3.8) is 0 Å². The summed E-state index contributed by atoms with van der Waals surface area (Å²) in [5.74, 6) is 0.191. The van der Waals surface area contributed by atoms with Crippen molar-refractivity contribution in [1.29, 1.82) is 0 Å². The van der Waals surface area contributed by atoms with Gasteiger partial charge in [-0.25, -0.2) is 4.98 Å². The van der Waals surface area contributed by atoms with E-state index in [9.17, 15) is 4.39 Å². The van der Waals surface area contributed by atoms with Crippen LogP contribution in [0.1, 0.15) is 20.8 Å². The molecule has 2 atom stereocenters. The maximum absolute atomic E-state index is 13.1. The van der Waals surface area contributed by atoms with Crippen LogP contribution in [0.25, 0.3) is 0 Å². The van der Waals surface area contributed by atoms with Crippen LogP contribution in [-0.4, -0.2) is 4.98 Å². The fraction of sp³-hybridized carbons (Fsp3) is 0.312. The van der Waals surface area contributed by atoms with Gasteiger partial charge in [-0.05, 0) is 31.9 Å². The Labute approximate surface area is 114 Å². The molecule has 3 heteroatoms. The molecule has 0 aliphatic rings. The molecule has 1 aromatic heterocycles. The summed E-state index contributed by atoms with van der Waals surface area (Å²) in [4.78, 5) is 3.77. The van der Waals surface area contributed by atoms with Gasteiger partial charge in [0.1, 0.15) is 5.82 Å². The molecule has 0 fully saturated rings. The zero-order chi connectivity index (χ0) is 14.6. The Kier molecular flexibility index (Phi) is 5.04. The standard InChI is InChI=1S/C16H21FN2/c1-10(2)12(5)16(11(3)4)13(6)18-15-9-7-8-14(17)19-15/h7-9,12,16H,1,3,6H2,2,4-5H3,(H,18,19). The summed E-state index contributed by atoms with van der Waals surface area (Å²) in [6, 6.07) is 4.62. The summed E-state index contributed by atoms with van der Waals surface area (Å²) >= 11 is 0. The first kappa shape index (κ1) is 15.2. The van der Waals surface area contributed by atoms with E-state index in [1.165, 1.54) is 6.07 Å². The number of nitrogens with zero attached hydrogens (tertiary/aromatic N) is 1. The van der Waals surface area contributed by atoms with Crippen molar-refractivity contribution >= 4 is 5.82 Å². The van der Waals surface area contributed by atoms with Crippen LogP contribution in [0.5, 0.6) is 0 Å². The first-order chi connectivity index (χ1) is 8.82. The minimum Gasteiger partial charge on any atom is -0.344 e. The van der Waals surface area contributed by atoms with Crippen molar-refractivity contribution in [1.82, 2.24) is 4.98 Å². The summed E-state index contributed by atoms with van der Waals surface area (Å²) in [7, 11) is 0. The van der Waals surface area contributed by atoms with Crippen molar-refractivity contribution in [2.45, 2.75) is 20.8 Å². The van der Waals surface area contributed by atoms with Crippen LogP contribution >= 0.6 is 0 Å². The molecule has 0 aliphatic heterocycles. The lowest BCUT2D eigenvalue weighted by molar-refractivity contribution is 0.532. The molecule has 1 heterocycles. The summed E-state index contributed by atoms with van der Waals surface area (Å²) in [6.45, 7) is 18.0. The summed E-state index contributed by atoms with van der Waals surface area (Å²) < 4.78 is 13.1. The molecule has 1 N–H and O–H groups in total. The van der Waals surface area contributed by atoms with Crippen LogP contribution < -0.4 is 5.32 Å². The van der Waals surface area contributed by atoms with Crippen LogP contribution in [0, 0.1) is 17.8 Å². The number of aromatic nitrogens is 1. The highest BCUT2D eigenvalue weighted by Crippen LogP contribution is 2.30. The summed E-state index contributed by atoms with van der Waals surface area (Å²) in [5.41, 5.74) is 2.80. The Balaban J connectivity index is 2.90. The molecular weight excluding hydrogens is 239 g/mol. The maximum Gasteiger partial charge on any atom is 0.214 e. The predicted octanol–water partition coefficient (Wildman–Crippen LogP) is 4.55. The van der Waals surface area contributed by atoms with Crippen molar-refractivity contribution < 1.29 is 4.39 Å². The number of hydrogen-bond donors (Lipinski definition) is 1. The minimum atomic E-state index is -0.516. The van der Waals surface area contributed by atoms with Crippen molar-refractivity contribution in [2.75, 3.05) is 5.32 Å². The first-order valence-electron chi connectivity index (χ1n) is 6.22. The van der Waals surface area contributed by atoms with E-state index in [4.69, 9.17) is 0 Å². The lowest BCUT2D eigenvalue weighted by Crippen LogP contribution is -2.20. The largest absolute Gasteiger partial charge is 0.344 e. The quantitative estimate of drug-likeness (QED) is 0.599. The number of nitrogens with one attached hydrogen (secondary N) is 1. The molecule has 0 spiro atoms. The molecule has 0 aromatic carbocycles. The van der Waals surface area contributed by atoms with Gasteiger partial charge in [-0.1, -0.05) is 43.9 Å². The minimum absolute atomic E-state index is 0.0440. The van der Waals surface area contributed by atoms with E-state index in [2.05, 4.69) is 37.0 Å². The van der Waals surface area contributed by atoms with Gasteiger partial charge in [0.05, 0.1) is 0 Å². The summed E-state index contributed by atoms with van der Waals surface area (Å²) in [5, 5.41) is 3.05. The van der Waals surface area contributed by atoms with Crippen LogP contribution in [0.2, 0.25) is 0 Å². The number of pyridine rings is 1. The third-order valence-electron chi connectivity index (χ3n) is 3.19. The van der Waals surface area contributed by atoms with Gasteiger partial charge in [0.25, 0.3) is 0 Å². The van der Waals surface area contributed by atoms with Crippen LogP contribution in [0.3, 0.4) is 0 Å². The SMILES string of the molecule is C=C(C)C(C)C(C(=C)C)C(=C)Nc1cccc(F)n1. The normalized spacial score (nSPS) is 13.5. The third-order valence-corrected chi connectivity index (χ3v) is 3.19. The molecule has 0 saturated carbocycles. The van der Waals surface area contributed by atoms with Gasteiger partial charge in [0, 0.05) is 11.6 Å². The Morgan fingerprint density at radius 2 is 1.84 bits per heavy atom. The van der Waals surface area contributed by atoms with Crippen LogP contribution in [0.15, 0.2) is 54.8 Å². The number of anilines is 1. The fourth-order valence-corrected chi connectivity index (χ4v) is 2.03. The molecule has 2 unspecified atom stereocenters. The fourth-order valence-electron chi connectivity index (χ4n) is 2.03. The lowest BCUT2D eigenvalue weighted by Gasteiger charge is -2.27. The van der Waals surface area contributed by atoms with Gasteiger partial charge in [0.2, 0.25) is 5.95 Å². The Bertz CT molecular complexity index is 505. The number of halogens is 1. The van der Waals surface area contributed by atoms with Gasteiger partial charge in [-0.3, -0.25) is 0 Å². The maximum atomic E-state index is 13.1. The second kappa shape index (κ2) is 6.32. The van der Waals surface area contributed by atoms with Crippen molar-refractivity contribution in [3.05, 3.63) is 60.7 Å². The van der Waals surface area contributed by atoms with E-state index in [0.29, 0.717) is 5.82 Å². The molecule has 19 heavy (non-hydrogen) atoms. The Hall–Kier alpha value is -1.90. The highest BCUT2D eigenvalue weighted by Gasteiger charge is 2.22. The van der Waals surface area contributed by atoms with E-state index >= 15 is 0 Å². The van der Waals surface area contributed by atoms with Gasteiger partial charge >= 0.3 is 0 Å². The number of hydrogen-bond acceptors (Lipinski definition) is 2. The van der Waals surface area contributed by atoms with Gasteiger partial charge in [0.15, 0.2) is 0 Å². The number of allylic oxidation sites excluding steroid dienone is 2. The average Bonchev–Trinajstić information content (AvgIpc) is 2.28. The van der Waals surface area contributed by atoms with Crippen LogP contribution in [-0.2, 0) is 0 Å². The second-order valence-electron chi connectivity index (χ2n) is 4.95. The smallest absolute Gasteiger partial charge is 0.214 e. The Morgan fingerprint density at radius 1 is 1.21 bits per heavy atom. The molecule has 2 nitrogen and oxygen atoms in total. The predicted molar refractivity (Wildman–Crippen MR) is 79.2 cm³/mol. The van der Waals surface area contributed by atoms with E-state index in [1.54, 1.807) is 12.1 Å². The lowest BCUT2D eigenvalue weighted by atomic mass is 9.82. The highest BCUT2D eigenvalue weighted by atomic mass is 19.1. The van der Waals surface area contributed by atoms with Gasteiger partial charge in [-0.15, -0.1) is 0 Å². The number of rotatable bonds is 6. The highest BCUT2D eigenvalue weighted by molar-refractivity contribution is 5.42. The summed E-state index contributed by atoms with van der Waals surface area (Å²) in [6.07, 6.45) is 0. The van der Waals surface area contributed by atoms with Gasteiger partial charge < -0.3 is 5.32 Å². The van der Waals surface area contributed by atoms with E-state index in [-0.39, 0.29) is 11.8 Å². The van der Waals surface area contributed by atoms with E-state index < -0.39 is 5.95 Å². The zero-order valence-electron chi connectivity index (χ0n) is 11.8. The van der Waals surface area contributed by atoms with E-state index in [0.717, 1.165) is 16.8 Å². The first-order valence-corrected chi connectivity index (χ1v) is 6.22. The molecular formula is C16H21FN2. The van der Waals surface area contributed by atoms with Gasteiger partial charge in [-0.2, -0.15) is 4.39 Å². The molecule has 0 saturated heterocycles. The topological polar surface area (TPSA) is 24.9 Å². The monoisotopic (exact) mass is 260 g/mol. The Morgan fingerprint density at radius 3 is 2.32 bits per heavy atom. The third kappa shape index (κ3) is 4.05. The van der Waals surface area contributed by atoms with Crippen molar-refractivity contribution in [2.24, 2.45) is 11.8 Å². The van der Waals surface area contributed by atoms with Crippen LogP contribution in [0.4, 0.5) is 10.2 Å². The molecule has 1 aromatic rings. The zero-order valence-corrected chi connectivity index (χ0v) is 11.8. The molecule has 0 bridgehead atoms. The van der Waals surface area contributed by atoms with Crippen molar-refractivity contribution in [3.8, 4) is 0 Å². The average molecular weight is 260 g/mol. The molecule has 0 amide bonds.